The molecule has 0 heterocycles. The van der Waals surface area contributed by atoms with E-state index in [1.807, 2.05) is 0 Å². The van der Waals surface area contributed by atoms with Gasteiger partial charge < -0.3 is 10.5 Å². The SMILES string of the molecule is NC(=O)NN=Cc1cccc(OCc2cc(F)ccc2F)c1. The molecule has 0 fully saturated rings. The van der Waals surface area contributed by atoms with Gasteiger partial charge in [-0.05, 0) is 35.9 Å². The van der Waals surface area contributed by atoms with Gasteiger partial charge in [0.05, 0.1) is 6.21 Å². The third kappa shape index (κ3) is 4.55. The number of hydrogen-bond acceptors (Lipinski definition) is 3. The van der Waals surface area contributed by atoms with Crippen molar-refractivity contribution in [2.24, 2.45) is 10.8 Å². The number of nitrogens with zero attached hydrogens (tertiary/aromatic N) is 1. The molecule has 0 saturated carbocycles. The normalized spacial score (nSPS) is 10.6. The van der Waals surface area contributed by atoms with E-state index in [0.717, 1.165) is 18.2 Å². The van der Waals surface area contributed by atoms with Crippen LogP contribution in [0.5, 0.6) is 5.75 Å². The Kier molecular flexibility index (Phi) is 5.02. The van der Waals surface area contributed by atoms with Crippen molar-refractivity contribution >= 4 is 12.2 Å². The molecule has 0 bridgehead atoms. The summed E-state index contributed by atoms with van der Waals surface area (Å²) in [5, 5.41) is 3.61. The fourth-order valence-electron chi connectivity index (χ4n) is 1.67. The third-order valence-corrected chi connectivity index (χ3v) is 2.65. The molecule has 0 aliphatic carbocycles. The molecule has 0 radical (unpaired) electrons. The van der Waals surface area contributed by atoms with Crippen molar-refractivity contribution in [2.45, 2.75) is 6.61 Å². The number of carbonyl (C=O) groups excluding carboxylic acids is 1. The predicted octanol–water partition coefficient (Wildman–Crippen LogP) is 2.55. The molecule has 2 amide bonds. The molecule has 2 aromatic rings. The monoisotopic (exact) mass is 305 g/mol. The van der Waals surface area contributed by atoms with E-state index in [4.69, 9.17) is 10.5 Å². The van der Waals surface area contributed by atoms with Crippen LogP contribution in [0.3, 0.4) is 0 Å². The minimum Gasteiger partial charge on any atom is -0.489 e. The maximum Gasteiger partial charge on any atom is 0.332 e. The molecule has 5 nitrogen and oxygen atoms in total. The van der Waals surface area contributed by atoms with Crippen LogP contribution in [-0.2, 0) is 6.61 Å². The Morgan fingerprint density at radius 1 is 1.27 bits per heavy atom. The summed E-state index contributed by atoms with van der Waals surface area (Å²) >= 11 is 0. The zero-order valence-corrected chi connectivity index (χ0v) is 11.4. The average molecular weight is 305 g/mol. The zero-order chi connectivity index (χ0) is 15.9. The Hall–Kier alpha value is -2.96. The Bertz CT molecular complexity index is 705. The molecule has 0 spiro atoms. The summed E-state index contributed by atoms with van der Waals surface area (Å²) < 4.78 is 31.9. The van der Waals surface area contributed by atoms with Gasteiger partial charge in [-0.3, -0.25) is 0 Å². The van der Waals surface area contributed by atoms with Gasteiger partial charge in [-0.15, -0.1) is 0 Å². The summed E-state index contributed by atoms with van der Waals surface area (Å²) in [6.45, 7) is -0.107. The van der Waals surface area contributed by atoms with Crippen molar-refractivity contribution in [1.82, 2.24) is 5.43 Å². The van der Waals surface area contributed by atoms with Crippen LogP contribution in [0, 0.1) is 11.6 Å². The van der Waals surface area contributed by atoms with Crippen molar-refractivity contribution < 1.29 is 18.3 Å². The summed E-state index contributed by atoms with van der Waals surface area (Å²) in [6, 6.07) is 9.11. The quantitative estimate of drug-likeness (QED) is 0.658. The molecule has 7 heteroatoms. The summed E-state index contributed by atoms with van der Waals surface area (Å²) in [5.41, 5.74) is 7.70. The fourth-order valence-corrected chi connectivity index (χ4v) is 1.67. The van der Waals surface area contributed by atoms with Crippen LogP contribution >= 0.6 is 0 Å². The minimum atomic E-state index is -0.773. The molecule has 22 heavy (non-hydrogen) atoms. The molecule has 0 saturated heterocycles. The predicted molar refractivity (Wildman–Crippen MR) is 77.4 cm³/mol. The Labute approximate surface area is 125 Å². The Balaban J connectivity index is 2.02. The standard InChI is InChI=1S/C15H13F2N3O2/c16-12-4-5-14(17)11(7-12)9-22-13-3-1-2-10(6-13)8-19-20-15(18)21/h1-8H,9H2,(H3,18,20,21). The molecule has 0 unspecified atom stereocenters. The number of rotatable bonds is 5. The number of urea groups is 1. The highest BCUT2D eigenvalue weighted by atomic mass is 19.1. The third-order valence-electron chi connectivity index (χ3n) is 2.65. The number of benzene rings is 2. The number of carbonyl (C=O) groups is 1. The average Bonchev–Trinajstić information content (AvgIpc) is 2.48. The second-order valence-electron chi connectivity index (χ2n) is 4.33. The van der Waals surface area contributed by atoms with E-state index in [0.29, 0.717) is 11.3 Å². The summed E-state index contributed by atoms with van der Waals surface area (Å²) in [4.78, 5) is 10.5. The van der Waals surface area contributed by atoms with E-state index in [1.54, 1.807) is 24.3 Å². The Morgan fingerprint density at radius 3 is 2.86 bits per heavy atom. The minimum absolute atomic E-state index is 0.107. The first-order valence-electron chi connectivity index (χ1n) is 6.30. The first-order chi connectivity index (χ1) is 10.5. The van der Waals surface area contributed by atoms with Gasteiger partial charge in [-0.1, -0.05) is 12.1 Å². The van der Waals surface area contributed by atoms with Crippen LogP contribution in [0.25, 0.3) is 0 Å². The van der Waals surface area contributed by atoms with Crippen molar-refractivity contribution in [3.63, 3.8) is 0 Å². The van der Waals surface area contributed by atoms with Crippen molar-refractivity contribution in [2.75, 3.05) is 0 Å². The summed E-state index contributed by atoms with van der Waals surface area (Å²) in [6.07, 6.45) is 1.38. The van der Waals surface area contributed by atoms with Crippen LogP contribution < -0.4 is 15.9 Å². The number of primary amides is 1. The number of ether oxygens (including phenoxy) is 1. The smallest absolute Gasteiger partial charge is 0.332 e. The highest BCUT2D eigenvalue weighted by Crippen LogP contribution is 2.16. The molecule has 0 atom stereocenters. The van der Waals surface area contributed by atoms with Crippen molar-refractivity contribution in [1.29, 1.82) is 0 Å². The van der Waals surface area contributed by atoms with Crippen LogP contribution in [0.1, 0.15) is 11.1 Å². The van der Waals surface area contributed by atoms with E-state index in [9.17, 15) is 13.6 Å². The first kappa shape index (κ1) is 15.4. The van der Waals surface area contributed by atoms with Gasteiger partial charge >= 0.3 is 6.03 Å². The number of halogens is 2. The van der Waals surface area contributed by atoms with Crippen molar-refractivity contribution in [3.05, 3.63) is 65.2 Å². The summed E-state index contributed by atoms with van der Waals surface area (Å²) in [5.74, 6) is -0.616. The number of nitrogens with two attached hydrogens (primary N) is 1. The van der Waals surface area contributed by atoms with Gasteiger partial charge in [0.1, 0.15) is 24.0 Å². The molecular formula is C15H13F2N3O2. The van der Waals surface area contributed by atoms with Gasteiger partial charge in [0, 0.05) is 5.56 Å². The topological polar surface area (TPSA) is 76.7 Å². The van der Waals surface area contributed by atoms with Crippen LogP contribution in [0.2, 0.25) is 0 Å². The lowest BCUT2D eigenvalue weighted by Crippen LogP contribution is -2.24. The zero-order valence-electron chi connectivity index (χ0n) is 11.4. The molecule has 0 aromatic heterocycles. The highest BCUT2D eigenvalue weighted by Gasteiger charge is 2.05. The van der Waals surface area contributed by atoms with Crippen LogP contribution in [-0.4, -0.2) is 12.2 Å². The van der Waals surface area contributed by atoms with Crippen LogP contribution in [0.15, 0.2) is 47.6 Å². The number of hydrogen-bond donors (Lipinski definition) is 2. The lowest BCUT2D eigenvalue weighted by atomic mass is 10.2. The molecule has 2 rings (SSSR count). The molecule has 3 N–H and O–H groups in total. The maximum absolute atomic E-state index is 13.5. The summed E-state index contributed by atoms with van der Waals surface area (Å²) in [7, 11) is 0. The molecular weight excluding hydrogens is 292 g/mol. The number of amides is 2. The van der Waals surface area contributed by atoms with Crippen LogP contribution in [0.4, 0.5) is 13.6 Å². The second kappa shape index (κ2) is 7.16. The number of hydrazone groups is 1. The lowest BCUT2D eigenvalue weighted by molar-refractivity contribution is 0.249. The lowest BCUT2D eigenvalue weighted by Gasteiger charge is -2.08. The van der Waals surface area contributed by atoms with Gasteiger partial charge in [-0.25, -0.2) is 19.0 Å². The Morgan fingerprint density at radius 2 is 2.09 bits per heavy atom. The van der Waals surface area contributed by atoms with E-state index in [-0.39, 0.29) is 12.2 Å². The van der Waals surface area contributed by atoms with E-state index >= 15 is 0 Å². The largest absolute Gasteiger partial charge is 0.489 e. The van der Waals surface area contributed by atoms with Gasteiger partial charge in [0.25, 0.3) is 0 Å². The molecule has 0 aliphatic heterocycles. The first-order valence-corrected chi connectivity index (χ1v) is 6.30. The van der Waals surface area contributed by atoms with Gasteiger partial charge in [0.15, 0.2) is 0 Å². The van der Waals surface area contributed by atoms with Gasteiger partial charge in [-0.2, -0.15) is 5.10 Å². The second-order valence-corrected chi connectivity index (χ2v) is 4.33. The maximum atomic E-state index is 13.5. The molecule has 0 aliphatic rings. The number of nitrogens with one attached hydrogen (secondary N) is 1. The highest BCUT2D eigenvalue weighted by molar-refractivity contribution is 5.81. The fraction of sp³-hybridized carbons (Fsp3) is 0.0667. The molecule has 114 valence electrons. The van der Waals surface area contributed by atoms with E-state index in [2.05, 4.69) is 10.5 Å². The van der Waals surface area contributed by atoms with Crippen molar-refractivity contribution in [3.8, 4) is 5.75 Å². The van der Waals surface area contributed by atoms with E-state index in [1.165, 1.54) is 6.21 Å². The van der Waals surface area contributed by atoms with Gasteiger partial charge in [0.2, 0.25) is 0 Å². The van der Waals surface area contributed by atoms with E-state index < -0.39 is 17.7 Å². The molecule has 2 aromatic carbocycles.